The maximum Gasteiger partial charge on any atom is 0.407 e. The highest BCUT2D eigenvalue weighted by molar-refractivity contribution is 5.68. The van der Waals surface area contributed by atoms with E-state index >= 15 is 0 Å². The highest BCUT2D eigenvalue weighted by Gasteiger charge is 2.36. The minimum Gasteiger partial charge on any atom is -0.449 e. The number of rotatable bonds is 13. The van der Waals surface area contributed by atoms with Crippen LogP contribution in [0.2, 0.25) is 0 Å². The molecule has 2 saturated heterocycles. The van der Waals surface area contributed by atoms with Crippen molar-refractivity contribution in [3.63, 3.8) is 0 Å². The Bertz CT molecular complexity index is 1060. The van der Waals surface area contributed by atoms with Gasteiger partial charge in [-0.2, -0.15) is 0 Å². The van der Waals surface area contributed by atoms with Crippen LogP contribution in [0, 0.1) is 10.8 Å². The molecule has 2 amide bonds. The van der Waals surface area contributed by atoms with Gasteiger partial charge < -0.3 is 34.7 Å². The lowest BCUT2D eigenvalue weighted by Gasteiger charge is -2.37. The number of alkyl carbamates (subject to hydrolysis) is 2. The Morgan fingerprint density at radius 3 is 1.72 bits per heavy atom. The highest BCUT2D eigenvalue weighted by atomic mass is 16.6. The number of carbonyl (C=O) groups is 2. The summed E-state index contributed by atoms with van der Waals surface area (Å²) in [6.45, 7) is 6.71. The summed E-state index contributed by atoms with van der Waals surface area (Å²) in [6, 6.07) is 18.3. The smallest absolute Gasteiger partial charge is 0.407 e. The van der Waals surface area contributed by atoms with Gasteiger partial charge >= 0.3 is 12.2 Å². The lowest BCUT2D eigenvalue weighted by molar-refractivity contribution is -0.126. The molecule has 212 valence electrons. The Balaban J connectivity index is 1.41. The van der Waals surface area contributed by atoms with Crippen molar-refractivity contribution >= 4 is 12.2 Å². The second-order valence-corrected chi connectivity index (χ2v) is 11.5. The van der Waals surface area contributed by atoms with Gasteiger partial charge in [-0.05, 0) is 30.4 Å². The molecule has 2 aliphatic heterocycles. The average molecular weight is 541 g/mol. The molecule has 0 saturated carbocycles. The predicted molar refractivity (Wildman–Crippen MR) is 145 cm³/mol. The van der Waals surface area contributed by atoms with Crippen molar-refractivity contribution in [2.75, 3.05) is 39.6 Å². The maximum absolute atomic E-state index is 12.7. The van der Waals surface area contributed by atoms with E-state index < -0.39 is 30.4 Å². The number of aliphatic hydroxyl groups is 1. The summed E-state index contributed by atoms with van der Waals surface area (Å²) in [5, 5.41) is 17.2. The summed E-state index contributed by atoms with van der Waals surface area (Å²) in [5.74, 6) is 0. The van der Waals surface area contributed by atoms with Crippen molar-refractivity contribution < 1.29 is 33.6 Å². The average Bonchev–Trinajstić information content (AvgIpc) is 2.89. The lowest BCUT2D eigenvalue weighted by Crippen LogP contribution is -2.50. The third kappa shape index (κ3) is 8.95. The molecular formula is C30H40N2O7. The Kier molecular flexibility index (Phi) is 9.83. The highest BCUT2D eigenvalue weighted by Crippen LogP contribution is 2.27. The molecule has 4 rings (SSSR count). The SMILES string of the molecule is CC1(COC(=O)N[C@@H](Cc2ccccc2)C[C@H](O)[C@H](Cc2ccccc2)NC(=O)OCC2(C)COC2)COC1. The van der Waals surface area contributed by atoms with E-state index in [4.69, 9.17) is 18.9 Å². The second kappa shape index (κ2) is 13.3. The minimum absolute atomic E-state index is 0.167. The number of benzene rings is 2. The van der Waals surface area contributed by atoms with E-state index in [2.05, 4.69) is 10.6 Å². The molecule has 0 aromatic heterocycles. The van der Waals surface area contributed by atoms with Crippen LogP contribution in [-0.2, 0) is 31.8 Å². The van der Waals surface area contributed by atoms with Crippen molar-refractivity contribution in [1.29, 1.82) is 0 Å². The van der Waals surface area contributed by atoms with Crippen LogP contribution in [0.5, 0.6) is 0 Å². The summed E-state index contributed by atoms with van der Waals surface area (Å²) in [5.41, 5.74) is 1.62. The van der Waals surface area contributed by atoms with Gasteiger partial charge in [-0.3, -0.25) is 0 Å². The first-order valence-electron chi connectivity index (χ1n) is 13.5. The number of hydrogen-bond acceptors (Lipinski definition) is 7. The molecule has 0 unspecified atom stereocenters. The standard InChI is InChI=1S/C30H40N2O7/c1-29(16-36-17-29)20-38-27(34)31-24(13-22-9-5-3-6-10-22)15-26(33)25(14-23-11-7-4-8-12-23)32-28(35)39-21-30(2)18-37-19-30/h3-12,24-26,33H,13-21H2,1-2H3,(H,31,34)(H,32,35)/t24-,25-,26-/m0/s1. The predicted octanol–water partition coefficient (Wildman–Crippen LogP) is 3.49. The van der Waals surface area contributed by atoms with E-state index in [1.807, 2.05) is 74.5 Å². The summed E-state index contributed by atoms with van der Waals surface area (Å²) in [6.07, 6.45) is -1.00. The fourth-order valence-electron chi connectivity index (χ4n) is 4.65. The van der Waals surface area contributed by atoms with Crippen molar-refractivity contribution in [2.24, 2.45) is 10.8 Å². The zero-order valence-corrected chi connectivity index (χ0v) is 22.8. The fourth-order valence-corrected chi connectivity index (χ4v) is 4.65. The largest absolute Gasteiger partial charge is 0.449 e. The van der Waals surface area contributed by atoms with Crippen LogP contribution in [0.4, 0.5) is 9.59 Å². The molecule has 0 radical (unpaired) electrons. The monoisotopic (exact) mass is 540 g/mol. The Hall–Kier alpha value is -3.14. The summed E-state index contributed by atoms with van der Waals surface area (Å²) < 4.78 is 21.4. The molecule has 0 bridgehead atoms. The first-order chi connectivity index (χ1) is 18.7. The van der Waals surface area contributed by atoms with E-state index in [9.17, 15) is 14.7 Å². The van der Waals surface area contributed by atoms with Crippen LogP contribution >= 0.6 is 0 Å². The van der Waals surface area contributed by atoms with Crippen LogP contribution in [0.3, 0.4) is 0 Å². The molecule has 2 fully saturated rings. The third-order valence-corrected chi connectivity index (χ3v) is 7.14. The van der Waals surface area contributed by atoms with Crippen molar-refractivity contribution in [2.45, 2.75) is 51.3 Å². The summed E-state index contributed by atoms with van der Waals surface area (Å²) >= 11 is 0. The Morgan fingerprint density at radius 1 is 0.795 bits per heavy atom. The third-order valence-electron chi connectivity index (χ3n) is 7.14. The van der Waals surface area contributed by atoms with Crippen LogP contribution in [0.15, 0.2) is 60.7 Å². The van der Waals surface area contributed by atoms with Gasteiger partial charge in [0.15, 0.2) is 0 Å². The van der Waals surface area contributed by atoms with E-state index in [-0.39, 0.29) is 30.5 Å². The van der Waals surface area contributed by atoms with Gasteiger partial charge in [0, 0.05) is 16.9 Å². The van der Waals surface area contributed by atoms with Gasteiger partial charge in [0.2, 0.25) is 0 Å². The summed E-state index contributed by atoms with van der Waals surface area (Å²) in [7, 11) is 0. The van der Waals surface area contributed by atoms with Crippen molar-refractivity contribution in [1.82, 2.24) is 10.6 Å². The Labute approximate surface area is 230 Å². The fraction of sp³-hybridized carbons (Fsp3) is 0.533. The second-order valence-electron chi connectivity index (χ2n) is 11.5. The van der Waals surface area contributed by atoms with Gasteiger partial charge in [-0.25, -0.2) is 9.59 Å². The minimum atomic E-state index is -0.966. The molecule has 9 nitrogen and oxygen atoms in total. The number of ether oxygens (including phenoxy) is 4. The van der Waals surface area contributed by atoms with E-state index in [1.54, 1.807) is 0 Å². The zero-order valence-electron chi connectivity index (χ0n) is 22.8. The number of nitrogens with one attached hydrogen (secondary N) is 2. The van der Waals surface area contributed by atoms with Gasteiger partial charge in [0.1, 0.15) is 13.2 Å². The molecule has 2 aromatic carbocycles. The quantitative estimate of drug-likeness (QED) is 0.356. The van der Waals surface area contributed by atoms with E-state index in [0.29, 0.717) is 39.3 Å². The van der Waals surface area contributed by atoms with E-state index in [0.717, 1.165) is 11.1 Å². The molecule has 39 heavy (non-hydrogen) atoms. The molecule has 2 aliphatic rings. The van der Waals surface area contributed by atoms with Gasteiger partial charge in [0.05, 0.1) is 38.6 Å². The first kappa shape index (κ1) is 28.9. The zero-order chi connectivity index (χ0) is 27.7. The maximum atomic E-state index is 12.7. The topological polar surface area (TPSA) is 115 Å². The van der Waals surface area contributed by atoms with Gasteiger partial charge in [-0.15, -0.1) is 0 Å². The van der Waals surface area contributed by atoms with Crippen LogP contribution in [-0.4, -0.2) is 75.1 Å². The van der Waals surface area contributed by atoms with E-state index in [1.165, 1.54) is 0 Å². The number of hydrogen-bond donors (Lipinski definition) is 3. The molecule has 3 atom stereocenters. The summed E-state index contributed by atoms with van der Waals surface area (Å²) in [4.78, 5) is 25.4. The molecule has 9 heteroatoms. The molecule has 2 aromatic rings. The number of aliphatic hydroxyl groups excluding tert-OH is 1. The van der Waals surface area contributed by atoms with Crippen LogP contribution in [0.25, 0.3) is 0 Å². The van der Waals surface area contributed by atoms with Gasteiger partial charge in [0.25, 0.3) is 0 Å². The molecular weight excluding hydrogens is 500 g/mol. The van der Waals surface area contributed by atoms with Crippen LogP contribution in [0.1, 0.15) is 31.4 Å². The Morgan fingerprint density at radius 2 is 1.26 bits per heavy atom. The molecule has 0 aliphatic carbocycles. The number of amides is 2. The normalized spacial score (nSPS) is 19.4. The van der Waals surface area contributed by atoms with Crippen molar-refractivity contribution in [3.8, 4) is 0 Å². The molecule has 3 N–H and O–H groups in total. The van der Waals surface area contributed by atoms with Gasteiger partial charge in [-0.1, -0.05) is 74.5 Å². The van der Waals surface area contributed by atoms with Crippen LogP contribution < -0.4 is 10.6 Å². The number of carbonyl (C=O) groups excluding carboxylic acids is 2. The molecule has 0 spiro atoms. The first-order valence-corrected chi connectivity index (χ1v) is 13.5. The van der Waals surface area contributed by atoms with Crippen molar-refractivity contribution in [3.05, 3.63) is 71.8 Å². The molecule has 2 heterocycles. The lowest BCUT2D eigenvalue weighted by atomic mass is 9.90.